The zero-order chi connectivity index (χ0) is 8.97. The summed E-state index contributed by atoms with van der Waals surface area (Å²) in [4.78, 5) is 11.3. The average Bonchev–Trinajstić information content (AvgIpc) is 2.55. The zero-order valence-electron chi connectivity index (χ0n) is 7.55. The molecule has 2 heteroatoms. The van der Waals surface area contributed by atoms with E-state index in [9.17, 15) is 4.79 Å². The van der Waals surface area contributed by atoms with Gasteiger partial charge in [0.1, 0.15) is 11.7 Å². The van der Waals surface area contributed by atoms with Gasteiger partial charge in [-0.3, -0.25) is 4.79 Å². The number of hydrogen-bond acceptors (Lipinski definition) is 2. The molecule has 0 radical (unpaired) electrons. The highest BCUT2D eigenvalue weighted by molar-refractivity contribution is 5.83. The minimum absolute atomic E-state index is 0.129. The topological polar surface area (TPSA) is 40.9 Å². The maximum atomic E-state index is 11.3. The molecule has 0 amide bonds. The molecule has 0 aromatic heterocycles. The lowest BCUT2D eigenvalue weighted by molar-refractivity contribution is -0.121. The molecular formula is C10H15NO. The van der Waals surface area contributed by atoms with Gasteiger partial charge in [0, 0.05) is 6.42 Å². The first kappa shape index (κ1) is 9.25. The van der Waals surface area contributed by atoms with Crippen molar-refractivity contribution in [3.05, 3.63) is 0 Å². The third-order valence-corrected chi connectivity index (χ3v) is 2.64. The molecule has 0 bridgehead atoms. The van der Waals surface area contributed by atoms with Crippen LogP contribution in [-0.2, 0) is 4.79 Å². The van der Waals surface area contributed by atoms with Gasteiger partial charge in [0.15, 0.2) is 0 Å². The van der Waals surface area contributed by atoms with E-state index in [4.69, 9.17) is 5.26 Å². The lowest BCUT2D eigenvalue weighted by Crippen LogP contribution is -2.12. The highest BCUT2D eigenvalue weighted by Crippen LogP contribution is 2.28. The fraction of sp³-hybridized carbons (Fsp3) is 0.800. The smallest absolute Gasteiger partial charge is 0.149 e. The number of rotatable bonds is 3. The molecule has 0 aromatic rings. The molecule has 0 spiro atoms. The predicted molar refractivity (Wildman–Crippen MR) is 46.4 cm³/mol. The van der Waals surface area contributed by atoms with Crippen LogP contribution in [0.3, 0.4) is 0 Å². The van der Waals surface area contributed by atoms with Gasteiger partial charge in [0.2, 0.25) is 0 Å². The summed E-state index contributed by atoms with van der Waals surface area (Å²) in [6, 6.07) is 1.99. The van der Waals surface area contributed by atoms with Gasteiger partial charge in [-0.25, -0.2) is 0 Å². The van der Waals surface area contributed by atoms with Crippen LogP contribution < -0.4 is 0 Å². The Morgan fingerprint density at radius 2 is 2.17 bits per heavy atom. The molecule has 0 aromatic carbocycles. The Morgan fingerprint density at radius 3 is 2.67 bits per heavy atom. The van der Waals surface area contributed by atoms with Gasteiger partial charge in [0.05, 0.1) is 6.07 Å². The molecule has 0 N–H and O–H groups in total. The van der Waals surface area contributed by atoms with Gasteiger partial charge in [-0.15, -0.1) is 0 Å². The molecule has 1 rings (SSSR count). The largest absolute Gasteiger partial charge is 0.298 e. The first-order chi connectivity index (χ1) is 5.74. The van der Waals surface area contributed by atoms with E-state index in [0.717, 1.165) is 0 Å². The van der Waals surface area contributed by atoms with E-state index in [1.807, 2.05) is 6.07 Å². The van der Waals surface area contributed by atoms with E-state index in [0.29, 0.717) is 12.3 Å². The molecule has 1 fully saturated rings. The molecule has 1 aliphatic rings. The molecule has 0 heterocycles. The maximum absolute atomic E-state index is 11.3. The first-order valence-corrected chi connectivity index (χ1v) is 4.66. The lowest BCUT2D eigenvalue weighted by atomic mass is 9.95. The Morgan fingerprint density at radius 1 is 1.58 bits per heavy atom. The van der Waals surface area contributed by atoms with Crippen LogP contribution in [0.1, 0.15) is 39.0 Å². The fourth-order valence-corrected chi connectivity index (χ4v) is 1.75. The van der Waals surface area contributed by atoms with Gasteiger partial charge >= 0.3 is 0 Å². The summed E-state index contributed by atoms with van der Waals surface area (Å²) in [6.45, 7) is 1.69. The standard InChI is InChI=1S/C10H15NO/c1-8(7-11)10(12)6-9-4-2-3-5-9/h8-9H,2-6H2,1H3. The Hall–Kier alpha value is -0.840. The van der Waals surface area contributed by atoms with Crippen molar-refractivity contribution in [3.8, 4) is 6.07 Å². The summed E-state index contributed by atoms with van der Waals surface area (Å²) >= 11 is 0. The van der Waals surface area contributed by atoms with Crippen LogP contribution in [0.5, 0.6) is 0 Å². The molecular weight excluding hydrogens is 150 g/mol. The molecule has 2 nitrogen and oxygen atoms in total. The fourth-order valence-electron chi connectivity index (χ4n) is 1.75. The average molecular weight is 165 g/mol. The number of nitrogens with zero attached hydrogens (tertiary/aromatic N) is 1. The second kappa shape index (κ2) is 4.25. The number of Topliss-reactive ketones (excluding diaryl/α,β-unsaturated/α-hetero) is 1. The van der Waals surface area contributed by atoms with Crippen molar-refractivity contribution >= 4 is 5.78 Å². The highest BCUT2D eigenvalue weighted by Gasteiger charge is 2.21. The quantitative estimate of drug-likeness (QED) is 0.643. The Labute approximate surface area is 73.6 Å². The number of carbonyl (C=O) groups excluding carboxylic acids is 1. The predicted octanol–water partition coefficient (Wildman–Crippen LogP) is 2.30. The number of hydrogen-bond donors (Lipinski definition) is 0. The molecule has 12 heavy (non-hydrogen) atoms. The van der Waals surface area contributed by atoms with Crippen molar-refractivity contribution in [1.82, 2.24) is 0 Å². The van der Waals surface area contributed by atoms with Gasteiger partial charge in [0.25, 0.3) is 0 Å². The van der Waals surface area contributed by atoms with Gasteiger partial charge in [-0.2, -0.15) is 5.26 Å². The highest BCUT2D eigenvalue weighted by atomic mass is 16.1. The summed E-state index contributed by atoms with van der Waals surface area (Å²) in [6.07, 6.45) is 5.53. The van der Waals surface area contributed by atoms with Crippen molar-refractivity contribution in [2.45, 2.75) is 39.0 Å². The van der Waals surface area contributed by atoms with Gasteiger partial charge in [-0.1, -0.05) is 25.7 Å². The van der Waals surface area contributed by atoms with Crippen molar-refractivity contribution in [2.24, 2.45) is 11.8 Å². The third-order valence-electron chi connectivity index (χ3n) is 2.64. The van der Waals surface area contributed by atoms with Gasteiger partial charge in [-0.05, 0) is 12.8 Å². The van der Waals surface area contributed by atoms with Crippen molar-refractivity contribution < 1.29 is 4.79 Å². The van der Waals surface area contributed by atoms with Crippen molar-refractivity contribution in [2.75, 3.05) is 0 Å². The summed E-state index contributed by atoms with van der Waals surface area (Å²) in [5.74, 6) is 0.309. The Bertz CT molecular complexity index is 198. The van der Waals surface area contributed by atoms with Crippen LogP contribution in [0.25, 0.3) is 0 Å². The summed E-state index contributed by atoms with van der Waals surface area (Å²) in [7, 11) is 0. The van der Waals surface area contributed by atoms with E-state index in [1.54, 1.807) is 6.92 Å². The third kappa shape index (κ3) is 2.34. The van der Waals surface area contributed by atoms with Crippen LogP contribution in [0.15, 0.2) is 0 Å². The normalized spacial score (nSPS) is 20.3. The van der Waals surface area contributed by atoms with E-state index in [-0.39, 0.29) is 5.78 Å². The molecule has 0 aliphatic heterocycles. The summed E-state index contributed by atoms with van der Waals surface area (Å²) < 4.78 is 0. The van der Waals surface area contributed by atoms with Crippen molar-refractivity contribution in [3.63, 3.8) is 0 Å². The van der Waals surface area contributed by atoms with Crippen LogP contribution in [-0.4, -0.2) is 5.78 Å². The second-order valence-corrected chi connectivity index (χ2v) is 3.67. The molecule has 1 unspecified atom stereocenters. The SMILES string of the molecule is CC(C#N)C(=O)CC1CCCC1. The van der Waals surface area contributed by atoms with Crippen LogP contribution >= 0.6 is 0 Å². The molecule has 1 atom stereocenters. The minimum Gasteiger partial charge on any atom is -0.298 e. The molecule has 1 saturated carbocycles. The summed E-state index contributed by atoms with van der Waals surface area (Å²) in [5.41, 5.74) is 0. The molecule has 0 saturated heterocycles. The number of ketones is 1. The van der Waals surface area contributed by atoms with E-state index >= 15 is 0 Å². The van der Waals surface area contributed by atoms with Crippen LogP contribution in [0.2, 0.25) is 0 Å². The molecule has 66 valence electrons. The maximum Gasteiger partial charge on any atom is 0.149 e. The number of nitriles is 1. The zero-order valence-corrected chi connectivity index (χ0v) is 7.55. The van der Waals surface area contributed by atoms with E-state index in [1.165, 1.54) is 25.7 Å². The molecule has 1 aliphatic carbocycles. The van der Waals surface area contributed by atoms with Gasteiger partial charge < -0.3 is 0 Å². The lowest BCUT2D eigenvalue weighted by Gasteiger charge is -2.07. The summed E-state index contributed by atoms with van der Waals surface area (Å²) in [5, 5.41) is 8.51. The van der Waals surface area contributed by atoms with E-state index < -0.39 is 5.92 Å². The van der Waals surface area contributed by atoms with Crippen LogP contribution in [0, 0.1) is 23.2 Å². The van der Waals surface area contributed by atoms with Crippen LogP contribution in [0.4, 0.5) is 0 Å². The minimum atomic E-state index is -0.398. The van der Waals surface area contributed by atoms with E-state index in [2.05, 4.69) is 0 Å². The second-order valence-electron chi connectivity index (χ2n) is 3.67. The first-order valence-electron chi connectivity index (χ1n) is 4.66. The Kier molecular flexibility index (Phi) is 3.28. The number of carbonyl (C=O) groups is 1. The monoisotopic (exact) mass is 165 g/mol. The van der Waals surface area contributed by atoms with Crippen molar-refractivity contribution in [1.29, 1.82) is 5.26 Å². The Balaban J connectivity index is 2.31.